The third-order valence-corrected chi connectivity index (χ3v) is 10.1. The maximum atomic E-state index is 13.9. The first-order valence-electron chi connectivity index (χ1n) is 14.2. The quantitative estimate of drug-likeness (QED) is 0.326. The molecule has 0 spiro atoms. The van der Waals surface area contributed by atoms with E-state index in [0.29, 0.717) is 41.0 Å². The normalized spacial score (nSPS) is 17.2. The Morgan fingerprint density at radius 1 is 1.07 bits per heavy atom. The number of nitrogens with zero attached hydrogens (tertiary/aromatic N) is 4. The molecule has 2 aliphatic heterocycles. The van der Waals surface area contributed by atoms with Crippen LogP contribution in [0.5, 0.6) is 0 Å². The maximum Gasteiger partial charge on any atom is 0.244 e. The van der Waals surface area contributed by atoms with Crippen LogP contribution in [0, 0.1) is 17.6 Å². The second-order valence-corrected chi connectivity index (χ2v) is 14.0. The van der Waals surface area contributed by atoms with Crippen LogP contribution in [0.3, 0.4) is 0 Å². The van der Waals surface area contributed by atoms with E-state index in [0.717, 1.165) is 49.7 Å². The molecular formula is C30H39ClF2N6O3S. The van der Waals surface area contributed by atoms with E-state index in [1.54, 1.807) is 13.8 Å². The zero-order chi connectivity index (χ0) is 30.4. The zero-order valence-corrected chi connectivity index (χ0v) is 26.7. The summed E-state index contributed by atoms with van der Waals surface area (Å²) in [5.41, 5.74) is 2.86. The zero-order valence-electron chi connectivity index (χ0n) is 25.1. The van der Waals surface area contributed by atoms with Crippen LogP contribution in [-0.4, -0.2) is 73.4 Å². The number of carbonyl (C=O) groups excluding carboxylic acids is 1. The number of hydrogen-bond donors (Lipinski definition) is 2. The van der Waals surface area contributed by atoms with Crippen molar-refractivity contribution in [2.24, 2.45) is 5.92 Å². The van der Waals surface area contributed by atoms with Crippen LogP contribution in [0.15, 0.2) is 41.3 Å². The lowest BCUT2D eigenvalue weighted by Gasteiger charge is -2.34. The van der Waals surface area contributed by atoms with Crippen LogP contribution in [0.1, 0.15) is 55.0 Å². The van der Waals surface area contributed by atoms with Gasteiger partial charge in [0.25, 0.3) is 0 Å². The molecule has 0 bridgehead atoms. The van der Waals surface area contributed by atoms with Gasteiger partial charge >= 0.3 is 0 Å². The number of ketones is 1. The highest BCUT2D eigenvalue weighted by atomic mass is 35.5. The molecule has 0 amide bonds. The van der Waals surface area contributed by atoms with Gasteiger partial charge in [-0.15, -0.1) is 12.4 Å². The Kier molecular flexibility index (Phi) is 9.55. The van der Waals surface area contributed by atoms with E-state index in [-0.39, 0.29) is 31.2 Å². The lowest BCUT2D eigenvalue weighted by Crippen LogP contribution is -2.44. The number of benzene rings is 2. The summed E-state index contributed by atoms with van der Waals surface area (Å²) in [6.45, 7) is 12.0. The molecule has 0 radical (unpaired) electrons. The third kappa shape index (κ3) is 6.57. The van der Waals surface area contributed by atoms with Crippen molar-refractivity contribution in [1.29, 1.82) is 0 Å². The average Bonchev–Trinajstić information content (AvgIpc) is 3.45. The molecule has 13 heteroatoms. The summed E-state index contributed by atoms with van der Waals surface area (Å²) >= 11 is 0. The number of rotatable bonds is 9. The Balaban J connectivity index is 0.00000423. The Morgan fingerprint density at radius 2 is 1.72 bits per heavy atom. The van der Waals surface area contributed by atoms with Crippen molar-refractivity contribution < 1.29 is 22.0 Å². The molecule has 0 unspecified atom stereocenters. The Labute approximate surface area is 258 Å². The molecule has 2 aliphatic rings. The molecule has 3 heterocycles. The number of Topliss-reactive ketones (excluding diaryl/α,β-unsaturated/α-hetero) is 1. The molecule has 1 saturated heterocycles. The van der Waals surface area contributed by atoms with Crippen LogP contribution in [-0.2, 0) is 28.5 Å². The van der Waals surface area contributed by atoms with E-state index in [2.05, 4.69) is 46.2 Å². The molecular weight excluding hydrogens is 598 g/mol. The van der Waals surface area contributed by atoms with E-state index >= 15 is 0 Å². The van der Waals surface area contributed by atoms with Crippen LogP contribution in [0.2, 0.25) is 0 Å². The fraction of sp³-hybridized carbons (Fsp3) is 0.467. The molecule has 9 nitrogen and oxygen atoms in total. The summed E-state index contributed by atoms with van der Waals surface area (Å²) in [6, 6.07) is 8.11. The van der Waals surface area contributed by atoms with Gasteiger partial charge in [0.1, 0.15) is 11.6 Å². The summed E-state index contributed by atoms with van der Waals surface area (Å²) in [4.78, 5) is 17.9. The second-order valence-electron chi connectivity index (χ2n) is 12.1. The SMILES string of the molecule is CC(C)CNc1cc(N2CCN(C)CC2)ccc1C(=O)Cc1[nH]nc2c1CN(S(=O)(=O)c1cc(F)cc(F)c1)C2(C)C.Cl. The number of H-pyrrole nitrogens is 1. The number of aromatic nitrogens is 2. The highest BCUT2D eigenvalue weighted by Crippen LogP contribution is 2.43. The number of likely N-dealkylation sites (N-methyl/N-ethyl adjacent to an activating group) is 1. The number of anilines is 2. The minimum atomic E-state index is -4.27. The number of carbonyl (C=O) groups is 1. The second kappa shape index (κ2) is 12.5. The molecule has 0 atom stereocenters. The van der Waals surface area contributed by atoms with E-state index in [1.165, 1.54) is 4.31 Å². The van der Waals surface area contributed by atoms with Crippen molar-refractivity contribution in [2.75, 3.05) is 50.0 Å². The molecule has 1 fully saturated rings. The van der Waals surface area contributed by atoms with Gasteiger partial charge in [-0.2, -0.15) is 9.40 Å². The lowest BCUT2D eigenvalue weighted by atomic mass is 9.98. The van der Waals surface area contributed by atoms with Crippen molar-refractivity contribution >= 4 is 39.6 Å². The minimum Gasteiger partial charge on any atom is -0.384 e. The Bertz CT molecular complexity index is 1580. The topological polar surface area (TPSA) is 102 Å². The number of halogens is 3. The number of piperazine rings is 1. The van der Waals surface area contributed by atoms with Crippen molar-refractivity contribution in [3.05, 3.63) is 70.5 Å². The highest BCUT2D eigenvalue weighted by molar-refractivity contribution is 7.89. The molecule has 0 saturated carbocycles. The van der Waals surface area contributed by atoms with Gasteiger partial charge in [0.2, 0.25) is 10.0 Å². The van der Waals surface area contributed by atoms with Gasteiger partial charge in [0.15, 0.2) is 5.78 Å². The molecule has 1 aromatic heterocycles. The van der Waals surface area contributed by atoms with Crippen LogP contribution >= 0.6 is 12.4 Å². The molecule has 234 valence electrons. The fourth-order valence-corrected chi connectivity index (χ4v) is 7.39. The summed E-state index contributed by atoms with van der Waals surface area (Å²) < 4.78 is 56.0. The van der Waals surface area contributed by atoms with Gasteiger partial charge in [-0.25, -0.2) is 17.2 Å². The first-order chi connectivity index (χ1) is 19.8. The molecule has 5 rings (SSSR count). The lowest BCUT2D eigenvalue weighted by molar-refractivity contribution is 0.0992. The summed E-state index contributed by atoms with van der Waals surface area (Å²) in [5.74, 6) is -1.71. The predicted octanol–water partition coefficient (Wildman–Crippen LogP) is 4.79. The van der Waals surface area contributed by atoms with Crippen LogP contribution in [0.25, 0.3) is 0 Å². The van der Waals surface area contributed by atoms with Crippen molar-refractivity contribution in [1.82, 2.24) is 19.4 Å². The monoisotopic (exact) mass is 636 g/mol. The summed E-state index contributed by atoms with van der Waals surface area (Å²) in [7, 11) is -2.16. The summed E-state index contributed by atoms with van der Waals surface area (Å²) in [6.07, 6.45) is -0.00882. The largest absolute Gasteiger partial charge is 0.384 e. The van der Waals surface area contributed by atoms with Gasteiger partial charge < -0.3 is 15.1 Å². The molecule has 2 aromatic carbocycles. The van der Waals surface area contributed by atoms with E-state index in [1.807, 2.05) is 18.2 Å². The van der Waals surface area contributed by atoms with Gasteiger partial charge in [0, 0.05) is 73.5 Å². The average molecular weight is 637 g/mol. The molecule has 43 heavy (non-hydrogen) atoms. The number of sulfonamides is 1. The predicted molar refractivity (Wildman–Crippen MR) is 165 cm³/mol. The van der Waals surface area contributed by atoms with Crippen molar-refractivity contribution in [3.63, 3.8) is 0 Å². The minimum absolute atomic E-state index is 0. The number of fused-ring (bicyclic) bond motifs is 1. The van der Waals surface area contributed by atoms with Crippen molar-refractivity contribution in [2.45, 2.75) is 51.1 Å². The molecule has 0 aliphatic carbocycles. The van der Waals surface area contributed by atoms with Gasteiger partial charge in [-0.05, 0) is 57.1 Å². The number of nitrogens with one attached hydrogen (secondary N) is 2. The Hall–Kier alpha value is -3.06. The summed E-state index contributed by atoms with van der Waals surface area (Å²) in [5, 5.41) is 10.8. The number of hydrogen-bond acceptors (Lipinski definition) is 7. The standard InChI is InChI=1S/C30H38F2N6O3S.ClH/c1-19(2)17-33-26-15-22(37-10-8-36(5)9-11-37)6-7-24(26)28(39)16-27-25-18-38(30(3,4)29(25)35-34-27)42(40,41)23-13-20(31)12-21(32)14-23;/h6-7,12-15,19,33H,8-11,16-18H2,1-5H3,(H,34,35);1H. The molecule has 2 N–H and O–H groups in total. The highest BCUT2D eigenvalue weighted by Gasteiger charge is 2.48. The number of aromatic amines is 1. The third-order valence-electron chi connectivity index (χ3n) is 8.09. The maximum absolute atomic E-state index is 13.9. The van der Waals surface area contributed by atoms with E-state index in [9.17, 15) is 22.0 Å². The van der Waals surface area contributed by atoms with E-state index in [4.69, 9.17) is 0 Å². The van der Waals surface area contributed by atoms with Gasteiger partial charge in [-0.3, -0.25) is 9.89 Å². The molecule has 3 aromatic rings. The Morgan fingerprint density at radius 3 is 2.35 bits per heavy atom. The van der Waals surface area contributed by atoms with Gasteiger partial charge in [-0.1, -0.05) is 13.8 Å². The smallest absolute Gasteiger partial charge is 0.244 e. The van der Waals surface area contributed by atoms with Gasteiger partial charge in [0.05, 0.1) is 22.5 Å². The fourth-order valence-electron chi connectivity index (χ4n) is 5.63. The first kappa shape index (κ1) is 32.8. The van der Waals surface area contributed by atoms with E-state index < -0.39 is 32.1 Å². The first-order valence-corrected chi connectivity index (χ1v) is 15.6. The van der Waals surface area contributed by atoms with Crippen LogP contribution in [0.4, 0.5) is 20.2 Å². The van der Waals surface area contributed by atoms with Crippen molar-refractivity contribution in [3.8, 4) is 0 Å². The van der Waals surface area contributed by atoms with Crippen LogP contribution < -0.4 is 10.2 Å².